The van der Waals surface area contributed by atoms with Crippen LogP contribution in [0.3, 0.4) is 0 Å². The highest BCUT2D eigenvalue weighted by atomic mass is 16.5. The topological polar surface area (TPSA) is 38.2 Å². The Morgan fingerprint density at radius 1 is 1.26 bits per heavy atom. The van der Waals surface area contributed by atoms with Gasteiger partial charge < -0.3 is 4.74 Å². The molecule has 1 aromatic heterocycles. The number of fused-ring (bicyclic) bond motifs is 1. The van der Waals surface area contributed by atoms with E-state index in [4.69, 9.17) is 4.74 Å². The molecule has 23 heavy (non-hydrogen) atoms. The Bertz CT molecular complexity index is 524. The quantitative estimate of drug-likeness (QED) is 0.723. The zero-order valence-corrected chi connectivity index (χ0v) is 14.0. The molecule has 1 saturated heterocycles. The zero-order valence-electron chi connectivity index (χ0n) is 14.0. The number of nitrogens with zero attached hydrogens (tertiary/aromatic N) is 3. The first kappa shape index (κ1) is 16.2. The first-order chi connectivity index (χ1) is 11.2. The summed E-state index contributed by atoms with van der Waals surface area (Å²) in [6, 6.07) is 3.86. The van der Waals surface area contributed by atoms with Gasteiger partial charge in [0.2, 0.25) is 5.88 Å². The van der Waals surface area contributed by atoms with Crippen LogP contribution in [0.2, 0.25) is 0 Å². The van der Waals surface area contributed by atoms with E-state index in [1.54, 1.807) is 0 Å². The van der Waals surface area contributed by atoms with Crippen LogP contribution in [0.1, 0.15) is 31.4 Å². The zero-order chi connectivity index (χ0) is 16.1. The highest BCUT2D eigenvalue weighted by Crippen LogP contribution is 2.33. The second-order valence-electron chi connectivity index (χ2n) is 6.80. The minimum absolute atomic E-state index is 0.151. The molecule has 2 aliphatic rings. The minimum atomic E-state index is 0.151. The number of rotatable bonds is 7. The van der Waals surface area contributed by atoms with Crippen LogP contribution >= 0.6 is 0 Å². The molecule has 1 aromatic rings. The Kier molecular flexibility index (Phi) is 5.44. The van der Waals surface area contributed by atoms with Crippen molar-refractivity contribution in [3.05, 3.63) is 42.6 Å². The summed E-state index contributed by atoms with van der Waals surface area (Å²) in [6.07, 6.45) is 11.2. The normalized spacial score (nSPS) is 25.1. The van der Waals surface area contributed by atoms with Crippen LogP contribution in [-0.4, -0.2) is 40.8 Å². The summed E-state index contributed by atoms with van der Waals surface area (Å²) >= 11 is 0. The van der Waals surface area contributed by atoms with Crippen molar-refractivity contribution in [3.8, 4) is 5.88 Å². The Labute approximate surface area is 139 Å². The lowest BCUT2D eigenvalue weighted by atomic mass is 9.86. The molecule has 0 amide bonds. The SMILES string of the molecule is C=CCCC(CN1C[C@H]2CC=CC[C@H]2C1)Oc1ccc(C)nn1. The summed E-state index contributed by atoms with van der Waals surface area (Å²) < 4.78 is 6.11. The van der Waals surface area contributed by atoms with Gasteiger partial charge in [-0.25, -0.2) is 0 Å². The van der Waals surface area contributed by atoms with Crippen molar-refractivity contribution in [1.29, 1.82) is 0 Å². The summed E-state index contributed by atoms with van der Waals surface area (Å²) in [6.45, 7) is 9.14. The number of allylic oxidation sites excluding steroid dienone is 3. The van der Waals surface area contributed by atoms with Gasteiger partial charge in [-0.15, -0.1) is 11.7 Å². The van der Waals surface area contributed by atoms with E-state index < -0.39 is 0 Å². The van der Waals surface area contributed by atoms with Gasteiger partial charge >= 0.3 is 0 Å². The first-order valence-corrected chi connectivity index (χ1v) is 8.70. The predicted molar refractivity (Wildman–Crippen MR) is 92.4 cm³/mol. The fourth-order valence-electron chi connectivity index (χ4n) is 3.66. The van der Waals surface area contributed by atoms with Crippen LogP contribution in [0.15, 0.2) is 36.9 Å². The molecular formula is C19H27N3O. The molecule has 1 fully saturated rings. The van der Waals surface area contributed by atoms with Gasteiger partial charge in [-0.1, -0.05) is 18.2 Å². The summed E-state index contributed by atoms with van der Waals surface area (Å²) in [7, 11) is 0. The fraction of sp³-hybridized carbons (Fsp3) is 0.579. The summed E-state index contributed by atoms with van der Waals surface area (Å²) in [5.41, 5.74) is 0.913. The number of hydrogen-bond donors (Lipinski definition) is 0. The Hall–Kier alpha value is -1.68. The Morgan fingerprint density at radius 2 is 2.00 bits per heavy atom. The number of likely N-dealkylation sites (tertiary alicyclic amines) is 1. The number of hydrogen-bond acceptors (Lipinski definition) is 4. The van der Waals surface area contributed by atoms with E-state index >= 15 is 0 Å². The average Bonchev–Trinajstić information content (AvgIpc) is 2.97. The standard InChI is InChI=1S/C19H27N3O/c1-3-4-9-18(23-19-11-10-15(2)20-21-19)14-22-12-16-7-5-6-8-17(16)13-22/h3,5-6,10-11,16-18H,1,4,7-9,12-14H2,2H3/t16-,17+,18?. The molecule has 1 unspecified atom stereocenters. The Balaban J connectivity index is 1.58. The minimum Gasteiger partial charge on any atom is -0.472 e. The molecule has 4 nitrogen and oxygen atoms in total. The van der Waals surface area contributed by atoms with E-state index in [1.807, 2.05) is 25.1 Å². The van der Waals surface area contributed by atoms with Crippen LogP contribution in [0.5, 0.6) is 5.88 Å². The molecule has 0 aromatic carbocycles. The van der Waals surface area contributed by atoms with Crippen molar-refractivity contribution in [3.63, 3.8) is 0 Å². The van der Waals surface area contributed by atoms with Crippen molar-refractivity contribution in [2.75, 3.05) is 19.6 Å². The Morgan fingerprint density at radius 3 is 2.61 bits per heavy atom. The molecule has 0 saturated carbocycles. The van der Waals surface area contributed by atoms with Crippen molar-refractivity contribution < 1.29 is 4.74 Å². The first-order valence-electron chi connectivity index (χ1n) is 8.70. The molecule has 124 valence electrons. The molecule has 1 aliphatic heterocycles. The van der Waals surface area contributed by atoms with Crippen molar-refractivity contribution >= 4 is 0 Å². The molecule has 1 aliphatic carbocycles. The smallest absolute Gasteiger partial charge is 0.233 e. The average molecular weight is 313 g/mol. The summed E-state index contributed by atoms with van der Waals surface area (Å²) in [5, 5.41) is 8.23. The van der Waals surface area contributed by atoms with E-state index in [0.29, 0.717) is 5.88 Å². The van der Waals surface area contributed by atoms with Gasteiger partial charge in [-0.3, -0.25) is 4.90 Å². The molecule has 0 radical (unpaired) electrons. The van der Waals surface area contributed by atoms with E-state index in [-0.39, 0.29) is 6.10 Å². The van der Waals surface area contributed by atoms with E-state index in [9.17, 15) is 0 Å². The number of aromatic nitrogens is 2. The van der Waals surface area contributed by atoms with Gasteiger partial charge in [0.05, 0.1) is 5.69 Å². The van der Waals surface area contributed by atoms with Crippen LogP contribution in [-0.2, 0) is 0 Å². The van der Waals surface area contributed by atoms with E-state index in [2.05, 4.69) is 33.8 Å². The maximum atomic E-state index is 6.11. The van der Waals surface area contributed by atoms with E-state index in [1.165, 1.54) is 25.9 Å². The third kappa shape index (κ3) is 4.41. The lowest BCUT2D eigenvalue weighted by Crippen LogP contribution is -2.34. The molecule has 2 heterocycles. The second-order valence-corrected chi connectivity index (χ2v) is 6.80. The largest absolute Gasteiger partial charge is 0.472 e. The van der Waals surface area contributed by atoms with Crippen LogP contribution in [0.4, 0.5) is 0 Å². The van der Waals surface area contributed by atoms with Gasteiger partial charge in [0.25, 0.3) is 0 Å². The highest BCUT2D eigenvalue weighted by Gasteiger charge is 2.33. The number of aryl methyl sites for hydroxylation is 1. The van der Waals surface area contributed by atoms with Crippen molar-refractivity contribution in [2.45, 2.75) is 38.7 Å². The van der Waals surface area contributed by atoms with Crippen molar-refractivity contribution in [1.82, 2.24) is 15.1 Å². The molecule has 0 bridgehead atoms. The van der Waals surface area contributed by atoms with Gasteiger partial charge in [0.1, 0.15) is 6.10 Å². The third-order valence-electron chi connectivity index (χ3n) is 4.91. The molecule has 4 heteroatoms. The monoisotopic (exact) mass is 313 g/mol. The van der Waals surface area contributed by atoms with Gasteiger partial charge in [0.15, 0.2) is 0 Å². The molecular weight excluding hydrogens is 286 g/mol. The molecule has 0 N–H and O–H groups in total. The maximum Gasteiger partial charge on any atom is 0.233 e. The van der Waals surface area contributed by atoms with Gasteiger partial charge in [-0.2, -0.15) is 5.10 Å². The van der Waals surface area contributed by atoms with Crippen LogP contribution < -0.4 is 4.74 Å². The van der Waals surface area contributed by atoms with E-state index in [0.717, 1.165) is 36.9 Å². The molecule has 3 rings (SSSR count). The predicted octanol–water partition coefficient (Wildman–Crippen LogP) is 3.40. The van der Waals surface area contributed by atoms with Crippen LogP contribution in [0.25, 0.3) is 0 Å². The van der Waals surface area contributed by atoms with Crippen molar-refractivity contribution in [2.24, 2.45) is 11.8 Å². The third-order valence-corrected chi connectivity index (χ3v) is 4.91. The summed E-state index contributed by atoms with van der Waals surface area (Å²) in [4.78, 5) is 2.57. The highest BCUT2D eigenvalue weighted by molar-refractivity contribution is 5.11. The fourth-order valence-corrected chi connectivity index (χ4v) is 3.66. The second kappa shape index (κ2) is 7.73. The maximum absolute atomic E-state index is 6.11. The number of ether oxygens (including phenoxy) is 1. The lowest BCUT2D eigenvalue weighted by molar-refractivity contribution is 0.130. The molecule has 3 atom stereocenters. The lowest BCUT2D eigenvalue weighted by Gasteiger charge is -2.24. The summed E-state index contributed by atoms with van der Waals surface area (Å²) in [5.74, 6) is 2.29. The van der Waals surface area contributed by atoms with Gasteiger partial charge in [-0.05, 0) is 50.5 Å². The molecule has 0 spiro atoms. The van der Waals surface area contributed by atoms with Gasteiger partial charge in [0, 0.05) is 25.7 Å². The van der Waals surface area contributed by atoms with Crippen LogP contribution in [0, 0.1) is 18.8 Å².